The molecular weight excluding hydrogens is 443 g/mol. The highest BCUT2D eigenvalue weighted by Gasteiger charge is 2.29. The van der Waals surface area contributed by atoms with Gasteiger partial charge < -0.3 is 4.90 Å². The van der Waals surface area contributed by atoms with Crippen LogP contribution in [0.15, 0.2) is 60.0 Å². The van der Waals surface area contributed by atoms with Crippen LogP contribution in [0.2, 0.25) is 10.0 Å². The van der Waals surface area contributed by atoms with Gasteiger partial charge in [0.1, 0.15) is 4.90 Å². The minimum Gasteiger partial charge on any atom is -0.339 e. The number of carbonyl (C=O) groups is 1. The molecule has 0 aliphatic rings. The van der Waals surface area contributed by atoms with E-state index in [0.717, 1.165) is 17.1 Å². The molecular formula is C22H26Cl2N2O3S. The fourth-order valence-corrected chi connectivity index (χ4v) is 5.50. The molecule has 5 nitrogen and oxygen atoms in total. The smallest absolute Gasteiger partial charge is 0.266 e. The van der Waals surface area contributed by atoms with Crippen LogP contribution in [0.3, 0.4) is 0 Å². The molecule has 0 fully saturated rings. The highest BCUT2D eigenvalue weighted by Crippen LogP contribution is 2.33. The molecule has 0 spiro atoms. The van der Waals surface area contributed by atoms with Crippen LogP contribution < -0.4 is 4.31 Å². The Hall–Kier alpha value is -2.02. The van der Waals surface area contributed by atoms with Crippen molar-refractivity contribution in [3.63, 3.8) is 0 Å². The van der Waals surface area contributed by atoms with E-state index in [0.29, 0.717) is 5.69 Å². The van der Waals surface area contributed by atoms with Gasteiger partial charge in [0.2, 0.25) is 0 Å². The van der Waals surface area contributed by atoms with Crippen LogP contribution in [0.5, 0.6) is 0 Å². The van der Waals surface area contributed by atoms with Crippen molar-refractivity contribution in [1.82, 2.24) is 4.90 Å². The minimum absolute atomic E-state index is 0.00574. The first kappa shape index (κ1) is 24.3. The number of nitrogens with zero attached hydrogens (tertiary/aromatic N) is 2. The molecule has 0 radical (unpaired) electrons. The average molecular weight is 469 g/mol. The molecule has 0 saturated heterocycles. The lowest BCUT2D eigenvalue weighted by molar-refractivity contribution is 0.0723. The maximum Gasteiger partial charge on any atom is 0.266 e. The van der Waals surface area contributed by atoms with Gasteiger partial charge in [-0.25, -0.2) is 8.42 Å². The Bertz CT molecular complexity index is 1020. The SMILES string of the molecule is C=CCN(c1ccccc1Cl)S(=O)(=O)c1cc(C(=O)N(C)C(CC)CC)ccc1Cl. The predicted molar refractivity (Wildman–Crippen MR) is 124 cm³/mol. The fraction of sp³-hybridized carbons (Fsp3) is 0.318. The predicted octanol–water partition coefficient (Wildman–Crippen LogP) is 5.64. The summed E-state index contributed by atoms with van der Waals surface area (Å²) in [5.74, 6) is -0.259. The Morgan fingerprint density at radius 1 is 1.10 bits per heavy atom. The summed E-state index contributed by atoms with van der Waals surface area (Å²) in [6.45, 7) is 7.66. The molecule has 0 aliphatic heterocycles. The topological polar surface area (TPSA) is 57.7 Å². The van der Waals surface area contributed by atoms with Gasteiger partial charge in [-0.15, -0.1) is 6.58 Å². The minimum atomic E-state index is -4.11. The van der Waals surface area contributed by atoms with E-state index in [1.54, 1.807) is 36.2 Å². The third-order valence-corrected chi connectivity index (χ3v) is 7.55. The summed E-state index contributed by atoms with van der Waals surface area (Å²) in [5, 5.41) is 0.303. The molecule has 0 aliphatic carbocycles. The lowest BCUT2D eigenvalue weighted by Crippen LogP contribution is -2.36. The van der Waals surface area contributed by atoms with Gasteiger partial charge in [-0.1, -0.05) is 55.3 Å². The molecule has 1 amide bonds. The van der Waals surface area contributed by atoms with E-state index in [-0.39, 0.29) is 39.0 Å². The standard InChI is InChI=1S/C22H26Cl2N2O3S/c1-5-14-26(20-11-9-8-10-18(20)23)30(28,29)21-15-16(12-13-19(21)24)22(27)25(4)17(6-2)7-3/h5,8-13,15,17H,1,6-7,14H2,2-4H3. The summed E-state index contributed by atoms with van der Waals surface area (Å²) in [6, 6.07) is 11.0. The van der Waals surface area contributed by atoms with Crippen LogP contribution in [0.4, 0.5) is 5.69 Å². The van der Waals surface area contributed by atoms with Crippen molar-refractivity contribution in [2.75, 3.05) is 17.9 Å². The van der Waals surface area contributed by atoms with Crippen molar-refractivity contribution < 1.29 is 13.2 Å². The average Bonchev–Trinajstić information content (AvgIpc) is 2.73. The number of hydrogen-bond donors (Lipinski definition) is 0. The number of anilines is 1. The Morgan fingerprint density at radius 3 is 2.30 bits per heavy atom. The first-order chi connectivity index (χ1) is 14.2. The highest BCUT2D eigenvalue weighted by molar-refractivity contribution is 7.93. The van der Waals surface area contributed by atoms with Gasteiger partial charge in [-0.3, -0.25) is 9.10 Å². The lowest BCUT2D eigenvalue weighted by atomic mass is 10.1. The summed E-state index contributed by atoms with van der Waals surface area (Å²) in [6.07, 6.45) is 3.07. The fourth-order valence-electron chi connectivity index (χ4n) is 3.26. The first-order valence-electron chi connectivity index (χ1n) is 9.63. The van der Waals surface area contributed by atoms with E-state index in [1.165, 1.54) is 24.3 Å². The largest absolute Gasteiger partial charge is 0.339 e. The van der Waals surface area contributed by atoms with E-state index in [9.17, 15) is 13.2 Å². The molecule has 0 aromatic heterocycles. The second-order valence-electron chi connectivity index (χ2n) is 6.81. The van der Waals surface area contributed by atoms with E-state index in [4.69, 9.17) is 23.2 Å². The molecule has 162 valence electrons. The molecule has 0 saturated carbocycles. The molecule has 0 heterocycles. The molecule has 0 unspecified atom stereocenters. The summed E-state index contributed by atoms with van der Waals surface area (Å²) in [5.41, 5.74) is 0.561. The number of sulfonamides is 1. The van der Waals surface area contributed by atoms with Crippen molar-refractivity contribution in [1.29, 1.82) is 0 Å². The number of rotatable bonds is 9. The van der Waals surface area contributed by atoms with E-state index in [1.807, 2.05) is 13.8 Å². The Labute approximate surface area is 188 Å². The van der Waals surface area contributed by atoms with Crippen LogP contribution >= 0.6 is 23.2 Å². The zero-order valence-electron chi connectivity index (χ0n) is 17.3. The Morgan fingerprint density at radius 2 is 1.73 bits per heavy atom. The quantitative estimate of drug-likeness (QED) is 0.447. The number of benzene rings is 2. The molecule has 2 aromatic rings. The van der Waals surface area contributed by atoms with Crippen molar-refractivity contribution in [2.24, 2.45) is 0 Å². The van der Waals surface area contributed by atoms with Gasteiger partial charge in [0, 0.05) is 18.7 Å². The molecule has 0 bridgehead atoms. The van der Waals surface area contributed by atoms with Gasteiger partial charge in [0.15, 0.2) is 0 Å². The van der Waals surface area contributed by atoms with Crippen molar-refractivity contribution >= 4 is 44.8 Å². The van der Waals surface area contributed by atoms with Gasteiger partial charge in [-0.05, 0) is 43.2 Å². The molecule has 2 aromatic carbocycles. The molecule has 2 rings (SSSR count). The number of hydrogen-bond acceptors (Lipinski definition) is 3. The summed E-state index contributed by atoms with van der Waals surface area (Å²) in [7, 11) is -2.39. The van der Waals surface area contributed by atoms with Crippen molar-refractivity contribution in [3.8, 4) is 0 Å². The second-order valence-corrected chi connectivity index (χ2v) is 9.45. The molecule has 0 N–H and O–H groups in total. The van der Waals surface area contributed by atoms with Crippen LogP contribution in [-0.4, -0.2) is 38.9 Å². The number of halogens is 2. The zero-order valence-corrected chi connectivity index (χ0v) is 19.6. The maximum atomic E-state index is 13.5. The van der Waals surface area contributed by atoms with Crippen molar-refractivity contribution in [2.45, 2.75) is 37.6 Å². The maximum absolute atomic E-state index is 13.5. The number of para-hydroxylation sites is 1. The van der Waals surface area contributed by atoms with Crippen LogP contribution in [0, 0.1) is 0 Å². The third-order valence-electron chi connectivity index (χ3n) is 4.97. The highest BCUT2D eigenvalue weighted by atomic mass is 35.5. The Balaban J connectivity index is 2.56. The second kappa shape index (κ2) is 10.3. The van der Waals surface area contributed by atoms with Crippen LogP contribution in [0.1, 0.15) is 37.0 Å². The van der Waals surface area contributed by atoms with Crippen LogP contribution in [0.25, 0.3) is 0 Å². The van der Waals surface area contributed by atoms with Gasteiger partial charge in [-0.2, -0.15) is 0 Å². The molecule has 8 heteroatoms. The summed E-state index contributed by atoms with van der Waals surface area (Å²) >= 11 is 12.5. The molecule has 0 atom stereocenters. The number of amides is 1. The zero-order chi connectivity index (χ0) is 22.5. The summed E-state index contributed by atoms with van der Waals surface area (Å²) < 4.78 is 28.1. The molecule has 30 heavy (non-hydrogen) atoms. The Kier molecular flexibility index (Phi) is 8.35. The monoisotopic (exact) mass is 468 g/mol. The van der Waals surface area contributed by atoms with E-state index in [2.05, 4.69) is 6.58 Å². The first-order valence-corrected chi connectivity index (χ1v) is 11.8. The van der Waals surface area contributed by atoms with E-state index < -0.39 is 10.0 Å². The van der Waals surface area contributed by atoms with Crippen LogP contribution in [-0.2, 0) is 10.0 Å². The lowest BCUT2D eigenvalue weighted by Gasteiger charge is -2.27. The third kappa shape index (κ3) is 4.99. The van der Waals surface area contributed by atoms with Crippen molar-refractivity contribution in [3.05, 3.63) is 70.7 Å². The summed E-state index contributed by atoms with van der Waals surface area (Å²) in [4.78, 5) is 14.4. The van der Waals surface area contributed by atoms with Gasteiger partial charge in [0.25, 0.3) is 15.9 Å². The normalized spacial score (nSPS) is 11.4. The van der Waals surface area contributed by atoms with E-state index >= 15 is 0 Å². The van der Waals surface area contributed by atoms with Gasteiger partial charge in [0.05, 0.1) is 22.3 Å². The van der Waals surface area contributed by atoms with Gasteiger partial charge >= 0.3 is 0 Å². The number of carbonyl (C=O) groups excluding carboxylic acids is 1.